The molecule has 1 rings (SSSR count). The minimum Gasteiger partial charge on any atom is -0.462 e. The quantitative estimate of drug-likeness (QED) is 0.635. The van der Waals surface area contributed by atoms with Crippen molar-refractivity contribution in [1.29, 1.82) is 5.26 Å². The number of ether oxygens (including phenoxy) is 1. The molecule has 84 valence electrons. The molecule has 0 saturated heterocycles. The molecular weight excluding hydrogens is 232 g/mol. The van der Waals surface area contributed by atoms with E-state index in [4.69, 9.17) is 21.6 Å². The van der Waals surface area contributed by atoms with Crippen molar-refractivity contribution >= 4 is 17.6 Å². The summed E-state index contributed by atoms with van der Waals surface area (Å²) in [6, 6.07) is 2.88. The van der Waals surface area contributed by atoms with E-state index < -0.39 is 11.5 Å². The number of halogens is 1. The second-order valence-electron chi connectivity index (χ2n) is 2.87. The van der Waals surface area contributed by atoms with E-state index in [0.717, 1.165) is 0 Å². The van der Waals surface area contributed by atoms with E-state index in [9.17, 15) is 9.59 Å². The van der Waals surface area contributed by atoms with Crippen LogP contribution in [-0.2, 0) is 10.6 Å². The number of aromatic nitrogens is 1. The molecule has 0 radical (unpaired) electrons. The number of pyridine rings is 1. The first-order chi connectivity index (χ1) is 7.63. The summed E-state index contributed by atoms with van der Waals surface area (Å²) in [5.74, 6) is -0.638. The number of rotatable bonds is 3. The van der Waals surface area contributed by atoms with Crippen LogP contribution in [0.1, 0.15) is 28.5 Å². The topological polar surface area (TPSA) is 82.9 Å². The van der Waals surface area contributed by atoms with Crippen molar-refractivity contribution in [2.75, 3.05) is 6.61 Å². The Labute approximate surface area is 96.6 Å². The van der Waals surface area contributed by atoms with Crippen LogP contribution in [0.15, 0.2) is 10.9 Å². The maximum Gasteiger partial charge on any atom is 0.339 e. The van der Waals surface area contributed by atoms with Gasteiger partial charge in [-0.2, -0.15) is 5.26 Å². The van der Waals surface area contributed by atoms with Crippen LogP contribution in [0, 0.1) is 11.3 Å². The largest absolute Gasteiger partial charge is 0.462 e. The van der Waals surface area contributed by atoms with Gasteiger partial charge < -0.3 is 9.72 Å². The van der Waals surface area contributed by atoms with Crippen LogP contribution in [0.5, 0.6) is 0 Å². The fourth-order valence-electron chi connectivity index (χ4n) is 1.15. The monoisotopic (exact) mass is 240 g/mol. The van der Waals surface area contributed by atoms with Gasteiger partial charge in [0.2, 0.25) is 0 Å². The zero-order chi connectivity index (χ0) is 12.1. The Hall–Kier alpha value is -1.80. The van der Waals surface area contributed by atoms with Gasteiger partial charge in [0, 0.05) is 5.69 Å². The first-order valence-electron chi connectivity index (χ1n) is 4.53. The normalized spacial score (nSPS) is 9.56. The molecule has 0 aliphatic heterocycles. The molecule has 0 aliphatic rings. The molecule has 0 bridgehead atoms. The predicted molar refractivity (Wildman–Crippen MR) is 57.3 cm³/mol. The first-order valence-corrected chi connectivity index (χ1v) is 5.06. The number of nitrogens with one attached hydrogen (secondary N) is 1. The summed E-state index contributed by atoms with van der Waals surface area (Å²) in [6.07, 6.45) is 0. The molecule has 16 heavy (non-hydrogen) atoms. The van der Waals surface area contributed by atoms with Gasteiger partial charge in [0.15, 0.2) is 0 Å². The lowest BCUT2D eigenvalue weighted by molar-refractivity contribution is 0.0524. The Balaban J connectivity index is 3.32. The lowest BCUT2D eigenvalue weighted by atomic mass is 10.1. The molecule has 0 spiro atoms. The third-order valence-corrected chi connectivity index (χ3v) is 2.14. The van der Waals surface area contributed by atoms with E-state index in [1.165, 1.54) is 6.07 Å². The molecule has 0 amide bonds. The van der Waals surface area contributed by atoms with E-state index in [2.05, 4.69) is 4.98 Å². The second-order valence-corrected chi connectivity index (χ2v) is 3.14. The maximum atomic E-state index is 11.5. The van der Waals surface area contributed by atoms with Gasteiger partial charge in [-0.1, -0.05) is 0 Å². The van der Waals surface area contributed by atoms with Crippen LogP contribution < -0.4 is 5.56 Å². The van der Waals surface area contributed by atoms with Crippen molar-refractivity contribution in [2.24, 2.45) is 0 Å². The Bertz CT molecular complexity index is 502. The molecule has 1 heterocycles. The molecule has 0 aliphatic carbocycles. The molecule has 0 unspecified atom stereocenters. The Morgan fingerprint density at radius 1 is 1.69 bits per heavy atom. The van der Waals surface area contributed by atoms with Crippen LogP contribution in [0.2, 0.25) is 0 Å². The third-order valence-electron chi connectivity index (χ3n) is 1.87. The van der Waals surface area contributed by atoms with Crippen LogP contribution in [0.4, 0.5) is 0 Å². The molecule has 1 aromatic heterocycles. The Morgan fingerprint density at radius 2 is 2.38 bits per heavy atom. The fraction of sp³-hybridized carbons (Fsp3) is 0.300. The van der Waals surface area contributed by atoms with E-state index >= 15 is 0 Å². The number of carbonyl (C=O) groups excluding carboxylic acids is 1. The first kappa shape index (κ1) is 12.3. The zero-order valence-electron chi connectivity index (χ0n) is 8.54. The summed E-state index contributed by atoms with van der Waals surface area (Å²) in [5, 5.41) is 8.66. The second kappa shape index (κ2) is 5.33. The summed E-state index contributed by atoms with van der Waals surface area (Å²) < 4.78 is 4.78. The Morgan fingerprint density at radius 3 is 2.88 bits per heavy atom. The van der Waals surface area contributed by atoms with Crippen molar-refractivity contribution in [2.45, 2.75) is 12.8 Å². The summed E-state index contributed by atoms with van der Waals surface area (Å²) in [6.45, 7) is 1.87. The maximum absolute atomic E-state index is 11.5. The molecule has 1 aromatic rings. The van der Waals surface area contributed by atoms with Crippen LogP contribution in [0.25, 0.3) is 0 Å². The number of nitrogens with zero attached hydrogens (tertiary/aromatic N) is 1. The average Bonchev–Trinajstić information content (AvgIpc) is 2.28. The van der Waals surface area contributed by atoms with E-state index in [1.807, 2.05) is 0 Å². The highest BCUT2D eigenvalue weighted by atomic mass is 35.5. The van der Waals surface area contributed by atoms with E-state index in [0.29, 0.717) is 0 Å². The van der Waals surface area contributed by atoms with Crippen molar-refractivity contribution in [1.82, 2.24) is 4.98 Å². The lowest BCUT2D eigenvalue weighted by Gasteiger charge is -2.06. The smallest absolute Gasteiger partial charge is 0.339 e. The van der Waals surface area contributed by atoms with Gasteiger partial charge in [-0.25, -0.2) is 4.79 Å². The van der Waals surface area contributed by atoms with Gasteiger partial charge in [-0.05, 0) is 13.0 Å². The lowest BCUT2D eigenvalue weighted by Crippen LogP contribution is -2.18. The number of alkyl halides is 1. The van der Waals surface area contributed by atoms with Crippen LogP contribution in [-0.4, -0.2) is 17.6 Å². The van der Waals surface area contributed by atoms with Gasteiger partial charge >= 0.3 is 5.97 Å². The highest BCUT2D eigenvalue weighted by molar-refractivity contribution is 6.17. The molecule has 1 N–H and O–H groups in total. The fourth-order valence-corrected chi connectivity index (χ4v) is 1.36. The van der Waals surface area contributed by atoms with E-state index in [-0.39, 0.29) is 29.3 Å². The van der Waals surface area contributed by atoms with Crippen molar-refractivity contribution in [3.63, 3.8) is 0 Å². The number of hydrogen-bond donors (Lipinski definition) is 1. The van der Waals surface area contributed by atoms with E-state index in [1.54, 1.807) is 13.0 Å². The zero-order valence-corrected chi connectivity index (χ0v) is 9.30. The summed E-state index contributed by atoms with van der Waals surface area (Å²) >= 11 is 5.58. The van der Waals surface area contributed by atoms with Gasteiger partial charge in [0.1, 0.15) is 11.6 Å². The molecule has 6 heteroatoms. The third kappa shape index (κ3) is 2.41. The number of hydrogen-bond acceptors (Lipinski definition) is 4. The predicted octanol–water partition coefficient (Wildman–Crippen LogP) is 1.16. The number of nitriles is 1. The molecule has 0 atom stereocenters. The van der Waals surface area contributed by atoms with Crippen molar-refractivity contribution < 1.29 is 9.53 Å². The number of H-pyrrole nitrogens is 1. The summed E-state index contributed by atoms with van der Waals surface area (Å²) in [4.78, 5) is 25.1. The molecule has 0 aromatic carbocycles. The summed E-state index contributed by atoms with van der Waals surface area (Å²) in [5.41, 5.74) is -0.333. The number of esters is 1. The molecule has 0 saturated carbocycles. The van der Waals surface area contributed by atoms with Crippen LogP contribution in [0.3, 0.4) is 0 Å². The van der Waals surface area contributed by atoms with Crippen LogP contribution >= 0.6 is 11.6 Å². The molecular formula is C10H9ClN2O3. The highest BCUT2D eigenvalue weighted by Crippen LogP contribution is 2.10. The van der Waals surface area contributed by atoms with Crippen molar-refractivity contribution in [3.8, 4) is 6.07 Å². The Kier molecular flexibility index (Phi) is 4.09. The number of carbonyl (C=O) groups is 1. The highest BCUT2D eigenvalue weighted by Gasteiger charge is 2.15. The standard InChI is InChI=1S/C10H9ClN2O3/c1-2-16-10(15)7-3-6(5-12)9(14)13-8(7)4-11/h3H,2,4H2,1H3,(H,13,14). The van der Waals surface area contributed by atoms with Gasteiger partial charge in [-0.3, -0.25) is 4.79 Å². The summed E-state index contributed by atoms with van der Waals surface area (Å²) in [7, 11) is 0. The minimum absolute atomic E-state index is 0.0326. The number of aromatic amines is 1. The van der Waals surface area contributed by atoms with Gasteiger partial charge in [-0.15, -0.1) is 11.6 Å². The SMILES string of the molecule is CCOC(=O)c1cc(C#N)c(=O)[nH]c1CCl. The van der Waals surface area contributed by atoms with Gasteiger partial charge in [0.05, 0.1) is 18.1 Å². The molecule has 0 fully saturated rings. The average molecular weight is 241 g/mol. The van der Waals surface area contributed by atoms with Gasteiger partial charge in [0.25, 0.3) is 5.56 Å². The minimum atomic E-state index is -0.606. The molecule has 5 nitrogen and oxygen atoms in total. The van der Waals surface area contributed by atoms with Crippen molar-refractivity contribution in [3.05, 3.63) is 33.2 Å².